The number of hydrogen-bond acceptors (Lipinski definition) is 5. The number of aromatic nitrogens is 3. The highest BCUT2D eigenvalue weighted by Crippen LogP contribution is 2.26. The van der Waals surface area contributed by atoms with E-state index < -0.39 is 0 Å². The smallest absolute Gasteiger partial charge is 0.234 e. The molecule has 0 fully saturated rings. The largest absolute Gasteiger partial charge is 0.325 e. The number of thioether (sulfide) groups is 1. The molecule has 7 nitrogen and oxygen atoms in total. The van der Waals surface area contributed by atoms with Gasteiger partial charge in [-0.15, -0.1) is 10.2 Å². The molecule has 0 saturated carbocycles. The number of aryl methyl sites for hydroxylation is 1. The lowest BCUT2D eigenvalue weighted by Crippen LogP contribution is -2.18. The predicted molar refractivity (Wildman–Crippen MR) is 132 cm³/mol. The van der Waals surface area contributed by atoms with Crippen LogP contribution in [-0.2, 0) is 29.0 Å². The van der Waals surface area contributed by atoms with Gasteiger partial charge in [0.2, 0.25) is 11.8 Å². The molecule has 0 saturated heterocycles. The Bertz CT molecular complexity index is 1120. The van der Waals surface area contributed by atoms with Crippen molar-refractivity contribution < 1.29 is 9.59 Å². The maximum Gasteiger partial charge on any atom is 0.234 e. The average Bonchev–Trinajstić information content (AvgIpc) is 3.16. The molecule has 0 aliphatic heterocycles. The number of para-hydroxylation sites is 1. The Morgan fingerprint density at radius 1 is 1.09 bits per heavy atom. The number of rotatable bonds is 9. The van der Waals surface area contributed by atoms with E-state index in [4.69, 9.17) is 11.6 Å². The Kier molecular flexibility index (Phi) is 8.72. The van der Waals surface area contributed by atoms with E-state index in [1.807, 2.05) is 42.7 Å². The van der Waals surface area contributed by atoms with Crippen molar-refractivity contribution in [3.8, 4) is 0 Å². The Labute approximate surface area is 204 Å². The molecule has 0 unspecified atom stereocenters. The van der Waals surface area contributed by atoms with Crippen LogP contribution in [-0.4, -0.2) is 32.3 Å². The van der Waals surface area contributed by atoms with Crippen molar-refractivity contribution in [3.05, 3.63) is 63.3 Å². The molecule has 10 heteroatoms. The molecule has 2 aromatic carbocycles. The fourth-order valence-corrected chi connectivity index (χ4v) is 4.31. The van der Waals surface area contributed by atoms with Crippen LogP contribution in [0.4, 0.5) is 11.4 Å². The van der Waals surface area contributed by atoms with E-state index >= 15 is 0 Å². The number of carbonyl (C=O) groups is 2. The molecular formula is C22H23BrClN5O2S. The van der Waals surface area contributed by atoms with Gasteiger partial charge in [-0.05, 0) is 59.1 Å². The lowest BCUT2D eigenvalue weighted by molar-refractivity contribution is -0.116. The first-order chi connectivity index (χ1) is 15.4. The first kappa shape index (κ1) is 24.3. The topological polar surface area (TPSA) is 88.9 Å². The number of amides is 2. The molecule has 32 heavy (non-hydrogen) atoms. The first-order valence-corrected chi connectivity index (χ1v) is 12.2. The minimum absolute atomic E-state index is 0.100. The summed E-state index contributed by atoms with van der Waals surface area (Å²) in [6.07, 6.45) is 0.931. The Morgan fingerprint density at radius 3 is 2.59 bits per heavy atom. The molecule has 168 valence electrons. The molecule has 0 bridgehead atoms. The number of halogens is 2. The first-order valence-electron chi connectivity index (χ1n) is 10.1. The van der Waals surface area contributed by atoms with E-state index in [0.717, 1.165) is 22.1 Å². The number of nitrogens with zero attached hydrogens (tertiary/aromatic N) is 3. The number of hydrogen-bond donors (Lipinski definition) is 2. The summed E-state index contributed by atoms with van der Waals surface area (Å²) in [5.41, 5.74) is 2.50. The molecule has 0 aliphatic rings. The molecular weight excluding hydrogens is 514 g/mol. The molecule has 1 aromatic heterocycles. The van der Waals surface area contributed by atoms with Crippen molar-refractivity contribution >= 4 is 62.5 Å². The number of anilines is 2. The van der Waals surface area contributed by atoms with Gasteiger partial charge in [0, 0.05) is 22.4 Å². The van der Waals surface area contributed by atoms with Gasteiger partial charge in [0.1, 0.15) is 5.82 Å². The summed E-state index contributed by atoms with van der Waals surface area (Å²) >= 11 is 10.7. The third-order valence-electron chi connectivity index (χ3n) is 4.64. The summed E-state index contributed by atoms with van der Waals surface area (Å²) in [5.74, 6) is 0.368. The van der Waals surface area contributed by atoms with Gasteiger partial charge in [-0.1, -0.05) is 48.5 Å². The quantitative estimate of drug-likeness (QED) is 0.368. The van der Waals surface area contributed by atoms with E-state index in [9.17, 15) is 9.59 Å². The molecule has 2 amide bonds. The monoisotopic (exact) mass is 535 g/mol. The van der Waals surface area contributed by atoms with E-state index in [-0.39, 0.29) is 24.0 Å². The van der Waals surface area contributed by atoms with Crippen molar-refractivity contribution in [1.29, 1.82) is 0 Å². The van der Waals surface area contributed by atoms with Crippen LogP contribution in [0.1, 0.15) is 25.2 Å². The summed E-state index contributed by atoms with van der Waals surface area (Å²) < 4.78 is 2.61. The highest BCUT2D eigenvalue weighted by molar-refractivity contribution is 9.10. The maximum atomic E-state index is 12.6. The third kappa shape index (κ3) is 6.34. The normalized spacial score (nSPS) is 10.8. The van der Waals surface area contributed by atoms with Crippen LogP contribution in [0.2, 0.25) is 5.02 Å². The van der Waals surface area contributed by atoms with E-state index in [2.05, 4.69) is 36.8 Å². The van der Waals surface area contributed by atoms with Crippen LogP contribution in [0.3, 0.4) is 0 Å². The van der Waals surface area contributed by atoms with Crippen molar-refractivity contribution in [2.45, 2.75) is 38.4 Å². The summed E-state index contributed by atoms with van der Waals surface area (Å²) in [6, 6.07) is 12.9. The van der Waals surface area contributed by atoms with Crippen molar-refractivity contribution in [1.82, 2.24) is 14.8 Å². The van der Waals surface area contributed by atoms with Gasteiger partial charge in [-0.3, -0.25) is 9.59 Å². The fourth-order valence-electron chi connectivity index (χ4n) is 3.06. The molecule has 0 radical (unpaired) electrons. The minimum Gasteiger partial charge on any atom is -0.325 e. The molecule has 0 aliphatic carbocycles. The van der Waals surface area contributed by atoms with Gasteiger partial charge in [0.25, 0.3) is 0 Å². The zero-order chi connectivity index (χ0) is 23.1. The van der Waals surface area contributed by atoms with Gasteiger partial charge < -0.3 is 15.2 Å². The summed E-state index contributed by atoms with van der Waals surface area (Å²) in [4.78, 5) is 24.9. The van der Waals surface area contributed by atoms with Gasteiger partial charge in [0.05, 0.1) is 17.2 Å². The zero-order valence-corrected chi connectivity index (χ0v) is 20.9. The maximum absolute atomic E-state index is 12.6. The van der Waals surface area contributed by atoms with Crippen molar-refractivity contribution in [2.24, 2.45) is 0 Å². The summed E-state index contributed by atoms with van der Waals surface area (Å²) in [6.45, 7) is 4.59. The van der Waals surface area contributed by atoms with Crippen LogP contribution in [0, 0.1) is 0 Å². The van der Waals surface area contributed by atoms with E-state index in [1.165, 1.54) is 11.8 Å². The van der Waals surface area contributed by atoms with Gasteiger partial charge in [-0.25, -0.2) is 0 Å². The minimum atomic E-state index is -0.186. The average molecular weight is 537 g/mol. The standard InChI is InChI=1S/C22H23BrClN5O2S/c1-3-14-7-5-6-8-18(14)26-20(30)12-19-27-28-22(29(19)4-2)32-13-21(31)25-15-9-10-16(23)17(24)11-15/h5-11H,3-4,12-13H2,1-2H3,(H,25,31)(H,26,30). The van der Waals surface area contributed by atoms with Crippen LogP contribution in [0.25, 0.3) is 0 Å². The van der Waals surface area contributed by atoms with Crippen LogP contribution in [0.5, 0.6) is 0 Å². The molecule has 0 atom stereocenters. The predicted octanol–water partition coefficient (Wildman–Crippen LogP) is 5.19. The second-order valence-corrected chi connectivity index (χ2v) is 9.05. The third-order valence-corrected chi connectivity index (χ3v) is 6.84. The molecule has 1 heterocycles. The second-order valence-electron chi connectivity index (χ2n) is 6.84. The van der Waals surface area contributed by atoms with Crippen LogP contribution < -0.4 is 10.6 Å². The lowest BCUT2D eigenvalue weighted by atomic mass is 10.1. The van der Waals surface area contributed by atoms with Gasteiger partial charge >= 0.3 is 0 Å². The Hall–Kier alpha value is -2.36. The SMILES string of the molecule is CCc1ccccc1NC(=O)Cc1nnc(SCC(=O)Nc2ccc(Br)c(Cl)c2)n1CC. The Balaban J connectivity index is 1.59. The molecule has 3 rings (SSSR count). The fraction of sp³-hybridized carbons (Fsp3) is 0.273. The Morgan fingerprint density at radius 2 is 1.88 bits per heavy atom. The zero-order valence-electron chi connectivity index (χ0n) is 17.7. The highest BCUT2D eigenvalue weighted by Gasteiger charge is 2.17. The van der Waals surface area contributed by atoms with E-state index in [1.54, 1.807) is 18.2 Å². The number of carbonyl (C=O) groups excluding carboxylic acids is 2. The van der Waals surface area contributed by atoms with E-state index in [0.29, 0.717) is 28.2 Å². The van der Waals surface area contributed by atoms with Crippen molar-refractivity contribution in [3.63, 3.8) is 0 Å². The lowest BCUT2D eigenvalue weighted by Gasteiger charge is -2.10. The van der Waals surface area contributed by atoms with Gasteiger partial charge in [0.15, 0.2) is 5.16 Å². The molecule has 0 spiro atoms. The summed E-state index contributed by atoms with van der Waals surface area (Å²) in [5, 5.41) is 15.2. The second kappa shape index (κ2) is 11.5. The van der Waals surface area contributed by atoms with Gasteiger partial charge in [-0.2, -0.15) is 0 Å². The molecule has 2 N–H and O–H groups in total. The van der Waals surface area contributed by atoms with Crippen LogP contribution >= 0.6 is 39.3 Å². The summed E-state index contributed by atoms with van der Waals surface area (Å²) in [7, 11) is 0. The highest BCUT2D eigenvalue weighted by atomic mass is 79.9. The number of nitrogens with one attached hydrogen (secondary N) is 2. The van der Waals surface area contributed by atoms with Crippen molar-refractivity contribution in [2.75, 3.05) is 16.4 Å². The number of benzene rings is 2. The van der Waals surface area contributed by atoms with Crippen LogP contribution in [0.15, 0.2) is 52.1 Å². The molecule has 3 aromatic rings.